The first kappa shape index (κ1) is 18.1. The number of carbonyl (C=O) groups is 1. The molecule has 1 fully saturated rings. The average Bonchev–Trinajstić information content (AvgIpc) is 2.46. The summed E-state index contributed by atoms with van der Waals surface area (Å²) >= 11 is 5.68. The Labute approximate surface area is 144 Å². The Kier molecular flexibility index (Phi) is 5.97. The van der Waals surface area contributed by atoms with Crippen molar-refractivity contribution in [3.05, 3.63) is 17.3 Å². The molecule has 1 aliphatic rings. The lowest BCUT2D eigenvalue weighted by Crippen LogP contribution is -2.44. The minimum atomic E-state index is -1.25. The van der Waals surface area contributed by atoms with Crippen LogP contribution in [-0.2, 0) is 15.5 Å². The van der Waals surface area contributed by atoms with Crippen LogP contribution < -0.4 is 0 Å². The molecule has 2 rings (SSSR count). The Balaban J connectivity index is 1.92. The molecule has 2 heterocycles. The maximum Gasteiger partial charge on any atom is 0.410 e. The third-order valence-corrected chi connectivity index (χ3v) is 5.06. The van der Waals surface area contributed by atoms with Gasteiger partial charge in [-0.05, 0) is 51.7 Å². The summed E-state index contributed by atoms with van der Waals surface area (Å²) in [7, 11) is -1.25. The van der Waals surface area contributed by atoms with Crippen molar-refractivity contribution in [2.45, 2.75) is 44.2 Å². The van der Waals surface area contributed by atoms with Gasteiger partial charge < -0.3 is 9.64 Å². The first-order chi connectivity index (χ1) is 10.7. The van der Waals surface area contributed by atoms with Crippen molar-refractivity contribution in [1.82, 2.24) is 15.1 Å². The molecule has 0 aliphatic carbocycles. The number of ether oxygens (including phenoxy) is 1. The maximum absolute atomic E-state index is 12.4. The van der Waals surface area contributed by atoms with Gasteiger partial charge in [-0.15, -0.1) is 10.2 Å². The smallest absolute Gasteiger partial charge is 0.410 e. The number of piperidine rings is 1. The van der Waals surface area contributed by atoms with E-state index < -0.39 is 16.4 Å². The number of aromatic nitrogens is 2. The Hall–Kier alpha value is -1.21. The summed E-state index contributed by atoms with van der Waals surface area (Å²) in [4.78, 5) is 13.8. The molecule has 0 saturated carbocycles. The summed E-state index contributed by atoms with van der Waals surface area (Å²) in [6.45, 7) is 6.78. The van der Waals surface area contributed by atoms with Gasteiger partial charge in [-0.2, -0.15) is 0 Å². The van der Waals surface area contributed by atoms with Crippen LogP contribution in [0.1, 0.15) is 33.6 Å². The third-order valence-electron chi connectivity index (χ3n) is 3.40. The molecule has 0 spiro atoms. The van der Waals surface area contributed by atoms with Gasteiger partial charge in [-0.3, -0.25) is 4.21 Å². The zero-order valence-electron chi connectivity index (χ0n) is 13.6. The fourth-order valence-electron chi connectivity index (χ4n) is 2.42. The van der Waals surface area contributed by atoms with E-state index in [4.69, 9.17) is 16.3 Å². The third kappa shape index (κ3) is 5.73. The SMILES string of the molecule is CC(C)(C)OC(=O)N1CCC[C@H](C[S@@](=O)c2ccc(Cl)nn2)C1. The van der Waals surface area contributed by atoms with Gasteiger partial charge in [0.05, 0.1) is 10.8 Å². The molecule has 1 aliphatic heterocycles. The van der Waals surface area contributed by atoms with Crippen molar-refractivity contribution < 1.29 is 13.7 Å². The number of hydrogen-bond acceptors (Lipinski definition) is 5. The Morgan fingerprint density at radius 1 is 1.43 bits per heavy atom. The predicted octanol–water partition coefficient (Wildman–Crippen LogP) is 2.88. The van der Waals surface area contributed by atoms with E-state index in [1.165, 1.54) is 0 Å². The van der Waals surface area contributed by atoms with E-state index >= 15 is 0 Å². The van der Waals surface area contributed by atoms with E-state index in [2.05, 4.69) is 10.2 Å². The molecule has 1 saturated heterocycles. The molecular formula is C15H22ClN3O3S. The van der Waals surface area contributed by atoms with Crippen LogP contribution >= 0.6 is 11.6 Å². The normalized spacial score (nSPS) is 20.2. The lowest BCUT2D eigenvalue weighted by atomic mass is 10.0. The van der Waals surface area contributed by atoms with Crippen molar-refractivity contribution in [1.29, 1.82) is 0 Å². The number of amides is 1. The topological polar surface area (TPSA) is 72.4 Å². The molecule has 128 valence electrons. The molecule has 2 atom stereocenters. The largest absolute Gasteiger partial charge is 0.444 e. The molecule has 1 aromatic heterocycles. The number of carbonyl (C=O) groups excluding carboxylic acids is 1. The highest BCUT2D eigenvalue weighted by Gasteiger charge is 2.28. The maximum atomic E-state index is 12.4. The summed E-state index contributed by atoms with van der Waals surface area (Å²) in [5.41, 5.74) is -0.508. The quantitative estimate of drug-likeness (QED) is 0.829. The fraction of sp³-hybridized carbons (Fsp3) is 0.667. The van der Waals surface area contributed by atoms with E-state index in [9.17, 15) is 9.00 Å². The second kappa shape index (κ2) is 7.57. The molecular weight excluding hydrogens is 338 g/mol. The van der Waals surface area contributed by atoms with E-state index in [1.807, 2.05) is 20.8 Å². The van der Waals surface area contributed by atoms with Crippen molar-refractivity contribution >= 4 is 28.5 Å². The highest BCUT2D eigenvalue weighted by Crippen LogP contribution is 2.21. The summed E-state index contributed by atoms with van der Waals surface area (Å²) in [5.74, 6) is 0.616. The van der Waals surface area contributed by atoms with Crippen molar-refractivity contribution in [2.24, 2.45) is 5.92 Å². The lowest BCUT2D eigenvalue weighted by Gasteiger charge is -2.33. The highest BCUT2D eigenvalue weighted by atomic mass is 35.5. The van der Waals surface area contributed by atoms with Gasteiger partial charge in [-0.25, -0.2) is 4.79 Å². The fourth-order valence-corrected chi connectivity index (χ4v) is 3.74. The van der Waals surface area contributed by atoms with E-state index in [-0.39, 0.29) is 17.2 Å². The summed E-state index contributed by atoms with van der Waals surface area (Å²) < 4.78 is 17.8. The van der Waals surface area contributed by atoms with Crippen LogP contribution in [0.25, 0.3) is 0 Å². The summed E-state index contributed by atoms with van der Waals surface area (Å²) in [6.07, 6.45) is 1.51. The molecule has 0 bridgehead atoms. The minimum absolute atomic E-state index is 0.162. The second-order valence-corrected chi connectivity index (χ2v) is 8.47. The van der Waals surface area contributed by atoms with Crippen molar-refractivity contribution in [3.63, 3.8) is 0 Å². The second-order valence-electron chi connectivity index (χ2n) is 6.64. The van der Waals surface area contributed by atoms with Gasteiger partial charge in [0.15, 0.2) is 5.15 Å². The number of nitrogens with zero attached hydrogens (tertiary/aromatic N) is 3. The average molecular weight is 360 g/mol. The summed E-state index contributed by atoms with van der Waals surface area (Å²) in [6, 6.07) is 3.20. The van der Waals surface area contributed by atoms with Crippen LogP contribution in [0.15, 0.2) is 17.2 Å². The monoisotopic (exact) mass is 359 g/mol. The molecule has 1 amide bonds. The van der Waals surface area contributed by atoms with Crippen LogP contribution in [0.2, 0.25) is 5.15 Å². The first-order valence-electron chi connectivity index (χ1n) is 7.60. The van der Waals surface area contributed by atoms with Gasteiger partial charge in [0.1, 0.15) is 10.6 Å². The summed E-state index contributed by atoms with van der Waals surface area (Å²) in [5, 5.41) is 8.27. The van der Waals surface area contributed by atoms with Crippen LogP contribution in [0.5, 0.6) is 0 Å². The molecule has 0 aromatic carbocycles. The van der Waals surface area contributed by atoms with Crippen LogP contribution in [0.4, 0.5) is 4.79 Å². The van der Waals surface area contributed by atoms with Gasteiger partial charge in [-0.1, -0.05) is 11.6 Å². The molecule has 1 aromatic rings. The van der Waals surface area contributed by atoms with Gasteiger partial charge in [0, 0.05) is 18.8 Å². The molecule has 0 N–H and O–H groups in total. The minimum Gasteiger partial charge on any atom is -0.444 e. The standard InChI is InChI=1S/C15H22ClN3O3S/c1-15(2,3)22-14(20)19-8-4-5-11(9-19)10-23(21)13-7-6-12(16)17-18-13/h6-7,11H,4-5,8-10H2,1-3H3/t11-,23+/m0/s1. The predicted molar refractivity (Wildman–Crippen MR) is 88.8 cm³/mol. The van der Waals surface area contributed by atoms with E-state index in [0.717, 1.165) is 12.8 Å². The zero-order valence-corrected chi connectivity index (χ0v) is 15.2. The number of likely N-dealkylation sites (tertiary alicyclic amines) is 1. The number of hydrogen-bond donors (Lipinski definition) is 0. The van der Waals surface area contributed by atoms with Gasteiger partial charge in [0.25, 0.3) is 0 Å². The Morgan fingerprint density at radius 2 is 2.17 bits per heavy atom. The number of rotatable bonds is 3. The molecule has 6 nitrogen and oxygen atoms in total. The molecule has 8 heteroatoms. The van der Waals surface area contributed by atoms with Crippen LogP contribution in [0.3, 0.4) is 0 Å². The first-order valence-corrected chi connectivity index (χ1v) is 9.30. The Morgan fingerprint density at radius 3 is 2.78 bits per heavy atom. The van der Waals surface area contributed by atoms with Crippen LogP contribution in [0, 0.1) is 5.92 Å². The molecule has 0 radical (unpaired) electrons. The van der Waals surface area contributed by atoms with Crippen molar-refractivity contribution in [2.75, 3.05) is 18.8 Å². The number of halogens is 1. The van der Waals surface area contributed by atoms with E-state index in [1.54, 1.807) is 17.0 Å². The zero-order chi connectivity index (χ0) is 17.0. The highest BCUT2D eigenvalue weighted by molar-refractivity contribution is 7.84. The van der Waals surface area contributed by atoms with Gasteiger partial charge in [0.2, 0.25) is 0 Å². The molecule has 0 unspecified atom stereocenters. The lowest BCUT2D eigenvalue weighted by molar-refractivity contribution is 0.0176. The van der Waals surface area contributed by atoms with Crippen LogP contribution in [-0.4, -0.2) is 49.8 Å². The van der Waals surface area contributed by atoms with E-state index in [0.29, 0.717) is 23.9 Å². The molecule has 23 heavy (non-hydrogen) atoms. The van der Waals surface area contributed by atoms with Crippen molar-refractivity contribution in [3.8, 4) is 0 Å². The van der Waals surface area contributed by atoms with Gasteiger partial charge >= 0.3 is 6.09 Å². The Bertz CT molecular complexity index is 574.